The highest BCUT2D eigenvalue weighted by molar-refractivity contribution is 6.33. The van der Waals surface area contributed by atoms with E-state index < -0.39 is 0 Å². The van der Waals surface area contributed by atoms with E-state index in [4.69, 9.17) is 15.0 Å². The van der Waals surface area contributed by atoms with Gasteiger partial charge in [0.25, 0.3) is 0 Å². The van der Waals surface area contributed by atoms with Gasteiger partial charge in [-0.2, -0.15) is 9.97 Å². The average molecular weight is 868 g/mol. The number of benzene rings is 10. The van der Waals surface area contributed by atoms with Crippen LogP contribution >= 0.6 is 0 Å². The molecule has 68 heavy (non-hydrogen) atoms. The Kier molecular flexibility index (Phi) is 9.43. The smallest absolute Gasteiger partial charge is 0.238 e. The van der Waals surface area contributed by atoms with Gasteiger partial charge >= 0.3 is 0 Å². The van der Waals surface area contributed by atoms with E-state index in [2.05, 4.69) is 234 Å². The van der Waals surface area contributed by atoms with Crippen molar-refractivity contribution in [3.05, 3.63) is 249 Å². The highest BCUT2D eigenvalue weighted by atomic mass is 15.2. The number of fused-ring (bicyclic) bond motifs is 7. The second-order valence-electron chi connectivity index (χ2n) is 17.1. The van der Waals surface area contributed by atoms with Crippen LogP contribution in [0.2, 0.25) is 0 Å². The van der Waals surface area contributed by atoms with Crippen molar-refractivity contribution in [2.24, 2.45) is 0 Å². The molecule has 0 aliphatic carbocycles. The normalized spacial score (nSPS) is 11.5. The van der Waals surface area contributed by atoms with E-state index in [1.165, 1.54) is 11.1 Å². The first-order valence-corrected chi connectivity index (χ1v) is 23.0. The van der Waals surface area contributed by atoms with Crippen LogP contribution in [0.15, 0.2) is 249 Å². The largest absolute Gasteiger partial charge is 0.307 e. The number of hydrogen-bond acceptors (Lipinski definition) is 3. The van der Waals surface area contributed by atoms with Gasteiger partial charge in [0.05, 0.1) is 22.1 Å². The molecule has 0 radical (unpaired) electrons. The van der Waals surface area contributed by atoms with E-state index >= 15 is 0 Å². The summed E-state index contributed by atoms with van der Waals surface area (Å²) in [6, 6.07) is 88.2. The minimum absolute atomic E-state index is 0.536. The lowest BCUT2D eigenvalue weighted by atomic mass is 9.87. The quantitative estimate of drug-likeness (QED) is 0.153. The topological polar surface area (TPSA) is 48.5 Å². The third-order valence-electron chi connectivity index (χ3n) is 13.2. The summed E-state index contributed by atoms with van der Waals surface area (Å²) in [7, 11) is 0. The Morgan fingerprint density at radius 3 is 1.19 bits per heavy atom. The number of rotatable bonds is 8. The lowest BCUT2D eigenvalue weighted by Crippen LogP contribution is -2.07. The molecule has 13 aromatic rings. The fourth-order valence-electron chi connectivity index (χ4n) is 10.2. The monoisotopic (exact) mass is 867 g/mol. The molecule has 0 atom stereocenters. The second-order valence-corrected chi connectivity index (χ2v) is 17.1. The predicted octanol–water partition coefficient (Wildman–Crippen LogP) is 16.1. The Bertz CT molecular complexity index is 3970. The zero-order valence-electron chi connectivity index (χ0n) is 36.9. The van der Waals surface area contributed by atoms with Crippen LogP contribution in [0.5, 0.6) is 0 Å². The molecule has 0 aliphatic rings. The maximum atomic E-state index is 5.53. The minimum Gasteiger partial charge on any atom is -0.307 e. The molecule has 0 spiro atoms. The van der Waals surface area contributed by atoms with Crippen molar-refractivity contribution in [2.45, 2.75) is 0 Å². The van der Waals surface area contributed by atoms with E-state index in [1.54, 1.807) is 0 Å². The van der Waals surface area contributed by atoms with Gasteiger partial charge in [0, 0.05) is 49.5 Å². The molecular formula is C63H41N5. The third kappa shape index (κ3) is 6.51. The SMILES string of the molecule is c1ccc(-c2ccc(-n3c4ccccc4c4c(-c5ccccc5)c(-c5ccccc5)c5c6ccccc6n(-c6nc(-c7ccccc7)nc(-c7cccc(-c8ccccc8)c7)n6)c5c43)cc2)cc1. The molecule has 5 heteroatoms. The Hall–Kier alpha value is -9.19. The molecule has 318 valence electrons. The van der Waals surface area contributed by atoms with Crippen LogP contribution in [0.25, 0.3) is 123 Å². The summed E-state index contributed by atoms with van der Waals surface area (Å²) in [6.07, 6.45) is 0. The summed E-state index contributed by atoms with van der Waals surface area (Å²) in [5, 5.41) is 4.54. The highest BCUT2D eigenvalue weighted by Crippen LogP contribution is 2.52. The van der Waals surface area contributed by atoms with Crippen LogP contribution in [0.4, 0.5) is 0 Å². The molecule has 0 saturated heterocycles. The summed E-state index contributed by atoms with van der Waals surface area (Å²) in [6.45, 7) is 0. The zero-order chi connectivity index (χ0) is 45.0. The van der Waals surface area contributed by atoms with Gasteiger partial charge in [-0.05, 0) is 63.7 Å². The Balaban J connectivity index is 1.22. The first kappa shape index (κ1) is 39.2. The van der Waals surface area contributed by atoms with Gasteiger partial charge in [0.1, 0.15) is 0 Å². The van der Waals surface area contributed by atoms with Crippen molar-refractivity contribution in [3.63, 3.8) is 0 Å². The Labute approximate surface area is 393 Å². The van der Waals surface area contributed by atoms with Crippen LogP contribution in [-0.2, 0) is 0 Å². The van der Waals surface area contributed by atoms with Gasteiger partial charge in [-0.25, -0.2) is 4.98 Å². The molecule has 0 unspecified atom stereocenters. The minimum atomic E-state index is 0.536. The third-order valence-corrected chi connectivity index (χ3v) is 13.2. The van der Waals surface area contributed by atoms with Crippen molar-refractivity contribution >= 4 is 43.6 Å². The van der Waals surface area contributed by atoms with Gasteiger partial charge in [-0.15, -0.1) is 0 Å². The van der Waals surface area contributed by atoms with Crippen LogP contribution in [-0.4, -0.2) is 24.1 Å². The molecule has 13 rings (SSSR count). The first-order chi connectivity index (χ1) is 33.8. The average Bonchev–Trinajstić information content (AvgIpc) is 3.95. The molecule has 0 bridgehead atoms. The van der Waals surface area contributed by atoms with E-state index in [0.717, 1.165) is 93.8 Å². The van der Waals surface area contributed by atoms with E-state index in [9.17, 15) is 0 Å². The zero-order valence-corrected chi connectivity index (χ0v) is 36.9. The van der Waals surface area contributed by atoms with Crippen LogP contribution in [0.3, 0.4) is 0 Å². The van der Waals surface area contributed by atoms with Gasteiger partial charge in [0.15, 0.2) is 11.6 Å². The predicted molar refractivity (Wildman–Crippen MR) is 281 cm³/mol. The van der Waals surface area contributed by atoms with Gasteiger partial charge in [0.2, 0.25) is 5.95 Å². The lowest BCUT2D eigenvalue weighted by Gasteiger charge is -2.18. The van der Waals surface area contributed by atoms with Crippen molar-refractivity contribution in [2.75, 3.05) is 0 Å². The molecule has 5 nitrogen and oxygen atoms in total. The summed E-state index contributed by atoms with van der Waals surface area (Å²) >= 11 is 0. The molecule has 3 heterocycles. The van der Waals surface area contributed by atoms with Gasteiger partial charge in [-0.1, -0.05) is 218 Å². The molecule has 0 saturated carbocycles. The molecule has 0 aliphatic heterocycles. The van der Waals surface area contributed by atoms with Crippen LogP contribution in [0, 0.1) is 0 Å². The maximum absolute atomic E-state index is 5.53. The fraction of sp³-hybridized carbons (Fsp3) is 0. The van der Waals surface area contributed by atoms with Crippen LogP contribution in [0.1, 0.15) is 0 Å². The fourth-order valence-corrected chi connectivity index (χ4v) is 10.2. The molecular weight excluding hydrogens is 827 g/mol. The summed E-state index contributed by atoms with van der Waals surface area (Å²) in [4.78, 5) is 16.3. The molecule has 0 amide bonds. The Morgan fingerprint density at radius 2 is 0.647 bits per heavy atom. The number of aromatic nitrogens is 5. The van der Waals surface area contributed by atoms with Crippen molar-refractivity contribution in [1.29, 1.82) is 0 Å². The molecule has 0 fully saturated rings. The molecule has 3 aromatic heterocycles. The first-order valence-electron chi connectivity index (χ1n) is 23.0. The number of hydrogen-bond donors (Lipinski definition) is 0. The van der Waals surface area contributed by atoms with Crippen LogP contribution < -0.4 is 0 Å². The van der Waals surface area contributed by atoms with E-state index in [-0.39, 0.29) is 0 Å². The van der Waals surface area contributed by atoms with Gasteiger partial charge < -0.3 is 4.57 Å². The number of nitrogens with zero attached hydrogens (tertiary/aromatic N) is 5. The maximum Gasteiger partial charge on any atom is 0.238 e. The van der Waals surface area contributed by atoms with Crippen molar-refractivity contribution in [1.82, 2.24) is 24.1 Å². The number of para-hydroxylation sites is 2. The van der Waals surface area contributed by atoms with Gasteiger partial charge in [-0.3, -0.25) is 4.57 Å². The molecule has 10 aromatic carbocycles. The lowest BCUT2D eigenvalue weighted by molar-refractivity contribution is 0.953. The summed E-state index contributed by atoms with van der Waals surface area (Å²) in [5.74, 6) is 1.73. The Morgan fingerprint density at radius 1 is 0.265 bits per heavy atom. The summed E-state index contributed by atoms with van der Waals surface area (Å²) < 4.78 is 4.77. The van der Waals surface area contributed by atoms with Crippen molar-refractivity contribution < 1.29 is 0 Å². The highest BCUT2D eigenvalue weighted by Gasteiger charge is 2.30. The van der Waals surface area contributed by atoms with Crippen molar-refractivity contribution in [3.8, 4) is 78.9 Å². The molecule has 0 N–H and O–H groups in total. The van der Waals surface area contributed by atoms with E-state index in [0.29, 0.717) is 17.6 Å². The second kappa shape index (κ2) is 16.4. The summed E-state index contributed by atoms with van der Waals surface area (Å²) in [5.41, 5.74) is 16.2. The standard InChI is InChI=1S/C63H41N5/c1-6-21-42(22-7-1)44-37-39-50(40-38-44)67-53-35-18-16-33-51(53)57-55(45-25-10-3-11-26-45)56(46-27-12-4-13-28-46)58-52-34-17-19-36-54(52)68(60(58)59(57)67)63-65-61(47-29-14-5-15-30-47)64-62(66-63)49-32-20-31-48(41-49)43-23-8-2-9-24-43/h1-41H. The van der Waals surface area contributed by atoms with E-state index in [1.807, 2.05) is 24.3 Å².